The van der Waals surface area contributed by atoms with E-state index in [2.05, 4.69) is 16.5 Å². The van der Waals surface area contributed by atoms with Crippen LogP contribution in [0, 0.1) is 16.4 Å². The molecule has 0 saturated carbocycles. The number of nitrogens with one attached hydrogen (secondary N) is 1. The van der Waals surface area contributed by atoms with Gasteiger partial charge in [0.15, 0.2) is 4.77 Å². The first kappa shape index (κ1) is 14.4. The molecule has 0 fully saturated rings. The number of H-pyrrole nitrogens is 1. The Labute approximate surface area is 127 Å². The Balaban J connectivity index is 1.88. The molecular formula is C16H18F2N2S. The average Bonchev–Trinajstić information content (AvgIpc) is 2.97. The number of nitrogens with zero attached hydrogens (tertiary/aromatic N) is 1. The Morgan fingerprint density at radius 3 is 2.67 bits per heavy atom. The monoisotopic (exact) mass is 308 g/mol. The van der Waals surface area contributed by atoms with Gasteiger partial charge in [0.2, 0.25) is 0 Å². The van der Waals surface area contributed by atoms with Gasteiger partial charge in [0.25, 0.3) is 0 Å². The molecule has 0 amide bonds. The molecule has 112 valence electrons. The molecule has 1 aliphatic heterocycles. The van der Waals surface area contributed by atoms with Gasteiger partial charge in [-0.2, -0.15) is 0 Å². The van der Waals surface area contributed by atoms with E-state index in [-0.39, 0.29) is 5.92 Å². The molecule has 2 aromatic rings. The molecule has 3 rings (SSSR count). The molecular weight excluding hydrogens is 290 g/mol. The highest BCUT2D eigenvalue weighted by Gasteiger charge is 2.27. The van der Waals surface area contributed by atoms with Crippen molar-refractivity contribution >= 4 is 12.2 Å². The van der Waals surface area contributed by atoms with Crippen molar-refractivity contribution < 1.29 is 8.78 Å². The smallest absolute Gasteiger partial charge is 0.177 e. The lowest BCUT2D eigenvalue weighted by atomic mass is 9.96. The van der Waals surface area contributed by atoms with Crippen LogP contribution in [-0.2, 0) is 19.4 Å². The van der Waals surface area contributed by atoms with Crippen LogP contribution >= 0.6 is 12.2 Å². The van der Waals surface area contributed by atoms with Gasteiger partial charge in [-0.25, -0.2) is 8.78 Å². The van der Waals surface area contributed by atoms with Gasteiger partial charge in [-0.15, -0.1) is 0 Å². The third-order valence-corrected chi connectivity index (χ3v) is 4.48. The molecule has 0 aliphatic carbocycles. The highest BCUT2D eigenvalue weighted by Crippen LogP contribution is 2.32. The molecule has 5 heteroatoms. The zero-order valence-corrected chi connectivity index (χ0v) is 12.8. The van der Waals surface area contributed by atoms with Crippen molar-refractivity contribution in [3.05, 3.63) is 51.6 Å². The highest BCUT2D eigenvalue weighted by molar-refractivity contribution is 7.71. The highest BCUT2D eigenvalue weighted by atomic mass is 32.1. The predicted octanol–water partition coefficient (Wildman–Crippen LogP) is 4.51. The first-order chi connectivity index (χ1) is 10.1. The second-order valence-corrected chi connectivity index (χ2v) is 6.06. The summed E-state index contributed by atoms with van der Waals surface area (Å²) < 4.78 is 29.6. The zero-order valence-electron chi connectivity index (χ0n) is 12.0. The van der Waals surface area contributed by atoms with Gasteiger partial charge < -0.3 is 9.55 Å². The number of halogens is 2. The molecule has 0 saturated heterocycles. The Morgan fingerprint density at radius 1 is 1.29 bits per heavy atom. The topological polar surface area (TPSA) is 20.7 Å². The quantitative estimate of drug-likeness (QED) is 0.824. The molecule has 1 N–H and O–H groups in total. The van der Waals surface area contributed by atoms with Gasteiger partial charge in [0.05, 0.1) is 0 Å². The summed E-state index contributed by atoms with van der Waals surface area (Å²) in [4.78, 5) is 3.27. The fourth-order valence-corrected chi connectivity index (χ4v) is 3.40. The van der Waals surface area contributed by atoms with Crippen molar-refractivity contribution in [3.63, 3.8) is 0 Å². The number of unbranched alkanes of at least 4 members (excludes halogenated alkanes) is 1. The van der Waals surface area contributed by atoms with E-state index >= 15 is 0 Å². The number of imidazole rings is 1. The standard InChI is InChI=1S/C16H18F2N2S/c1-2-3-4-14-15-7-11(9-20(15)16(21)19-14)10-5-12(17)8-13(18)6-10/h5-6,8,11H,2-4,7,9H2,1H3,(H,19,21)/t11-/m1/s1. The number of hydrogen-bond donors (Lipinski definition) is 1. The fraction of sp³-hybridized carbons (Fsp3) is 0.438. The summed E-state index contributed by atoms with van der Waals surface area (Å²) in [7, 11) is 0. The minimum Gasteiger partial charge on any atom is -0.334 e. The van der Waals surface area contributed by atoms with Gasteiger partial charge in [0.1, 0.15) is 11.6 Å². The third kappa shape index (κ3) is 2.79. The number of aryl methyl sites for hydroxylation is 1. The first-order valence-corrected chi connectivity index (χ1v) is 7.76. The van der Waals surface area contributed by atoms with E-state index in [0.717, 1.165) is 36.5 Å². The van der Waals surface area contributed by atoms with Crippen LogP contribution in [0.3, 0.4) is 0 Å². The van der Waals surface area contributed by atoms with E-state index in [4.69, 9.17) is 12.2 Å². The maximum absolute atomic E-state index is 13.4. The Hall–Kier alpha value is -1.49. The maximum atomic E-state index is 13.4. The van der Waals surface area contributed by atoms with Gasteiger partial charge in [-0.05, 0) is 49.2 Å². The summed E-state index contributed by atoms with van der Waals surface area (Å²) in [6.45, 7) is 2.85. The molecule has 2 heterocycles. The summed E-state index contributed by atoms with van der Waals surface area (Å²) in [6, 6.07) is 3.77. The fourth-order valence-electron chi connectivity index (χ4n) is 3.09. The normalized spacial score (nSPS) is 17.2. The summed E-state index contributed by atoms with van der Waals surface area (Å²) in [6.07, 6.45) is 4.01. The van der Waals surface area contributed by atoms with Crippen LogP contribution in [0.1, 0.15) is 42.6 Å². The lowest BCUT2D eigenvalue weighted by Gasteiger charge is -2.10. The Morgan fingerprint density at radius 2 is 2.00 bits per heavy atom. The van der Waals surface area contributed by atoms with Crippen molar-refractivity contribution in [1.82, 2.24) is 9.55 Å². The zero-order chi connectivity index (χ0) is 15.0. The lowest BCUT2D eigenvalue weighted by Crippen LogP contribution is -2.03. The number of rotatable bonds is 4. The number of aromatic amines is 1. The summed E-state index contributed by atoms with van der Waals surface area (Å²) in [5, 5.41) is 0. The van der Waals surface area contributed by atoms with Crippen LogP contribution in [-0.4, -0.2) is 9.55 Å². The van der Waals surface area contributed by atoms with Crippen LogP contribution < -0.4 is 0 Å². The molecule has 1 aliphatic rings. The van der Waals surface area contributed by atoms with E-state index in [1.807, 2.05) is 0 Å². The van der Waals surface area contributed by atoms with Crippen LogP contribution in [0.2, 0.25) is 0 Å². The molecule has 1 aromatic heterocycles. The number of benzene rings is 1. The maximum Gasteiger partial charge on any atom is 0.177 e. The minimum atomic E-state index is -0.516. The second kappa shape index (κ2) is 5.72. The van der Waals surface area contributed by atoms with Gasteiger partial charge in [-0.3, -0.25) is 0 Å². The van der Waals surface area contributed by atoms with Crippen LogP contribution in [0.15, 0.2) is 18.2 Å². The predicted molar refractivity (Wildman–Crippen MR) is 81.0 cm³/mol. The Kier molecular flexibility index (Phi) is 3.93. The molecule has 1 atom stereocenters. The number of fused-ring (bicyclic) bond motifs is 1. The summed E-state index contributed by atoms with van der Waals surface area (Å²) >= 11 is 5.36. The average molecular weight is 308 g/mol. The van der Waals surface area contributed by atoms with E-state index in [1.54, 1.807) is 0 Å². The van der Waals surface area contributed by atoms with Crippen LogP contribution in [0.4, 0.5) is 8.78 Å². The largest absolute Gasteiger partial charge is 0.334 e. The third-order valence-electron chi connectivity index (χ3n) is 4.16. The molecule has 0 bridgehead atoms. The molecule has 0 spiro atoms. The van der Waals surface area contributed by atoms with Crippen molar-refractivity contribution in [3.8, 4) is 0 Å². The van der Waals surface area contributed by atoms with Crippen LogP contribution in [0.5, 0.6) is 0 Å². The second-order valence-electron chi connectivity index (χ2n) is 5.67. The lowest BCUT2D eigenvalue weighted by molar-refractivity contribution is 0.567. The summed E-state index contributed by atoms with van der Waals surface area (Å²) in [5.74, 6) is -0.933. The molecule has 1 aromatic carbocycles. The van der Waals surface area contributed by atoms with E-state index in [0.29, 0.717) is 12.1 Å². The Bertz CT molecular complexity index is 697. The van der Waals surface area contributed by atoms with Gasteiger partial charge >= 0.3 is 0 Å². The molecule has 21 heavy (non-hydrogen) atoms. The summed E-state index contributed by atoms with van der Waals surface area (Å²) in [5.41, 5.74) is 3.09. The van der Waals surface area contributed by atoms with E-state index in [9.17, 15) is 8.78 Å². The van der Waals surface area contributed by atoms with Crippen LogP contribution in [0.25, 0.3) is 0 Å². The van der Waals surface area contributed by atoms with Crippen molar-refractivity contribution in [2.75, 3.05) is 0 Å². The van der Waals surface area contributed by atoms with Crippen molar-refractivity contribution in [1.29, 1.82) is 0 Å². The molecule has 0 unspecified atom stereocenters. The van der Waals surface area contributed by atoms with Crippen molar-refractivity contribution in [2.45, 2.75) is 45.1 Å². The molecule has 2 nitrogen and oxygen atoms in total. The van der Waals surface area contributed by atoms with E-state index < -0.39 is 11.6 Å². The van der Waals surface area contributed by atoms with Crippen molar-refractivity contribution in [2.24, 2.45) is 0 Å². The molecule has 0 radical (unpaired) electrons. The van der Waals surface area contributed by atoms with Gasteiger partial charge in [0, 0.05) is 29.9 Å². The first-order valence-electron chi connectivity index (χ1n) is 7.35. The minimum absolute atomic E-state index is 0.0990. The SMILES string of the molecule is CCCCc1[nH]c(=S)n2c1C[C@@H](c1cc(F)cc(F)c1)C2. The number of aromatic nitrogens is 2. The van der Waals surface area contributed by atoms with Gasteiger partial charge in [-0.1, -0.05) is 13.3 Å². The van der Waals surface area contributed by atoms with E-state index in [1.165, 1.54) is 23.5 Å². The number of hydrogen-bond acceptors (Lipinski definition) is 1.